The van der Waals surface area contributed by atoms with Crippen molar-refractivity contribution in [3.8, 4) is 0 Å². The summed E-state index contributed by atoms with van der Waals surface area (Å²) in [5, 5.41) is 9.62. The summed E-state index contributed by atoms with van der Waals surface area (Å²) in [6.07, 6.45) is -3.78. The highest BCUT2D eigenvalue weighted by Gasteiger charge is 2.37. The molecule has 15 heteroatoms. The number of hydrogen-bond donors (Lipinski definition) is 2. The fraction of sp³-hybridized carbons (Fsp3) is 0.400. The number of benzene rings is 1. The van der Waals surface area contributed by atoms with E-state index in [4.69, 9.17) is 4.84 Å². The zero-order valence-corrected chi connectivity index (χ0v) is 19.7. The van der Waals surface area contributed by atoms with E-state index in [1.165, 1.54) is 16.6 Å². The molecule has 188 valence electrons. The Kier molecular flexibility index (Phi) is 6.98. The monoisotopic (exact) mass is 562 g/mol. The van der Waals surface area contributed by atoms with Crippen LogP contribution < -0.4 is 10.6 Å². The van der Waals surface area contributed by atoms with E-state index in [0.717, 1.165) is 11.1 Å². The molecule has 10 nitrogen and oxygen atoms in total. The first kappa shape index (κ1) is 24.9. The van der Waals surface area contributed by atoms with E-state index in [2.05, 4.69) is 31.7 Å². The smallest absolute Gasteiger partial charge is 0.322 e. The van der Waals surface area contributed by atoms with Crippen LogP contribution in [0.2, 0.25) is 0 Å². The fourth-order valence-corrected chi connectivity index (χ4v) is 4.13. The third-order valence-corrected chi connectivity index (χ3v) is 6.08. The van der Waals surface area contributed by atoms with Gasteiger partial charge in [-0.25, -0.2) is 27.4 Å². The van der Waals surface area contributed by atoms with Crippen LogP contribution in [0.15, 0.2) is 16.6 Å². The summed E-state index contributed by atoms with van der Waals surface area (Å²) in [6, 6.07) is 1.05. The van der Waals surface area contributed by atoms with Gasteiger partial charge in [0, 0.05) is 31.6 Å². The molecule has 4 amide bonds. The van der Waals surface area contributed by atoms with E-state index in [-0.39, 0.29) is 41.9 Å². The maximum Gasteiger partial charge on any atom is 0.322 e. The van der Waals surface area contributed by atoms with Crippen molar-refractivity contribution in [2.24, 2.45) is 0 Å². The van der Waals surface area contributed by atoms with Gasteiger partial charge in [-0.2, -0.15) is 5.10 Å². The first-order chi connectivity index (χ1) is 16.5. The van der Waals surface area contributed by atoms with E-state index in [1.807, 2.05) is 0 Å². The lowest BCUT2D eigenvalue weighted by atomic mass is 10.1. The van der Waals surface area contributed by atoms with Crippen molar-refractivity contribution in [3.63, 3.8) is 0 Å². The molecule has 0 bridgehead atoms. The van der Waals surface area contributed by atoms with Crippen molar-refractivity contribution >= 4 is 39.5 Å². The highest BCUT2D eigenvalue weighted by molar-refractivity contribution is 9.10. The quantitative estimate of drug-likeness (QED) is 0.439. The van der Waals surface area contributed by atoms with Crippen LogP contribution in [-0.4, -0.2) is 70.3 Å². The fourth-order valence-electron chi connectivity index (χ4n) is 3.78. The molecule has 2 aromatic rings. The number of carbonyl (C=O) groups is 3. The van der Waals surface area contributed by atoms with Gasteiger partial charge in [0.1, 0.15) is 17.3 Å². The zero-order valence-electron chi connectivity index (χ0n) is 18.2. The predicted octanol–water partition coefficient (Wildman–Crippen LogP) is 2.28. The molecule has 3 heterocycles. The van der Waals surface area contributed by atoms with Gasteiger partial charge in [-0.3, -0.25) is 19.1 Å². The summed E-state index contributed by atoms with van der Waals surface area (Å²) >= 11 is 2.94. The number of anilines is 1. The number of halogens is 5. The molecule has 0 saturated carbocycles. The van der Waals surface area contributed by atoms with Gasteiger partial charge in [0.15, 0.2) is 6.10 Å². The third kappa shape index (κ3) is 5.10. The van der Waals surface area contributed by atoms with Gasteiger partial charge in [0.25, 0.3) is 18.2 Å². The highest BCUT2D eigenvalue weighted by atomic mass is 79.9. The Morgan fingerprint density at radius 3 is 2.74 bits per heavy atom. The Morgan fingerprint density at radius 2 is 2.03 bits per heavy atom. The minimum absolute atomic E-state index is 0.0298. The van der Waals surface area contributed by atoms with Crippen molar-refractivity contribution in [2.45, 2.75) is 32.0 Å². The average molecular weight is 563 g/mol. The minimum atomic E-state index is -2.75. The lowest BCUT2D eigenvalue weighted by Gasteiger charge is -2.27. The molecule has 4 rings (SSSR count). The molecule has 2 aliphatic heterocycles. The Morgan fingerprint density at radius 1 is 1.29 bits per heavy atom. The van der Waals surface area contributed by atoms with Gasteiger partial charge < -0.3 is 15.5 Å². The van der Waals surface area contributed by atoms with Gasteiger partial charge in [-0.1, -0.05) is 0 Å². The average Bonchev–Trinajstić information content (AvgIpc) is 3.10. The number of alkyl halides is 2. The molecule has 2 aliphatic rings. The number of amides is 4. The number of nitrogens with zero attached hydrogens (tertiary/aromatic N) is 4. The number of carbonyl (C=O) groups excluding carboxylic acids is 3. The lowest BCUT2D eigenvalue weighted by Crippen LogP contribution is -2.43. The topological polar surface area (TPSA) is 109 Å². The molecule has 0 saturated heterocycles. The highest BCUT2D eigenvalue weighted by Crippen LogP contribution is 2.28. The van der Waals surface area contributed by atoms with Crippen LogP contribution in [0.1, 0.15) is 21.7 Å². The number of fused-ring (bicyclic) bond motifs is 3. The van der Waals surface area contributed by atoms with Gasteiger partial charge in [-0.15, -0.1) is 0 Å². The Balaban J connectivity index is 1.54. The van der Waals surface area contributed by atoms with Crippen molar-refractivity contribution in [2.75, 3.05) is 25.5 Å². The standard InChI is InChI=1S/C20H19BrF4N6O4/c1-29-19(33)17-9-7-30(20(34)27-14-4-10(21)11(22)5-12(14)23)3-2-13(9)28-31(17)8-15(35-29)18(32)26-6-16(24)25/h4-5,15-16H,2-3,6-8H2,1H3,(H,26,32)(H,27,34). The molecule has 0 radical (unpaired) electrons. The largest absolute Gasteiger partial charge is 0.348 e. The molecule has 2 N–H and O–H groups in total. The number of rotatable bonds is 4. The predicted molar refractivity (Wildman–Crippen MR) is 115 cm³/mol. The van der Waals surface area contributed by atoms with Crippen LogP contribution >= 0.6 is 15.9 Å². The molecule has 35 heavy (non-hydrogen) atoms. The number of aromatic nitrogens is 2. The lowest BCUT2D eigenvalue weighted by molar-refractivity contribution is -0.168. The van der Waals surface area contributed by atoms with Gasteiger partial charge in [0.2, 0.25) is 0 Å². The molecular formula is C20H19BrF4N6O4. The number of hydroxylamine groups is 2. The number of nitrogens with one attached hydrogen (secondary N) is 2. The van der Waals surface area contributed by atoms with Crippen molar-refractivity contribution in [3.05, 3.63) is 45.2 Å². The van der Waals surface area contributed by atoms with E-state index in [9.17, 15) is 31.9 Å². The molecule has 1 unspecified atom stereocenters. The van der Waals surface area contributed by atoms with Crippen molar-refractivity contribution < 1.29 is 36.8 Å². The minimum Gasteiger partial charge on any atom is -0.348 e. The van der Waals surface area contributed by atoms with Gasteiger partial charge >= 0.3 is 6.03 Å². The Labute approximate surface area is 204 Å². The zero-order chi connectivity index (χ0) is 25.4. The van der Waals surface area contributed by atoms with Crippen LogP contribution in [0.25, 0.3) is 0 Å². The SMILES string of the molecule is CN1OC(C(=O)NCC(F)F)Cn2nc3c(c2C1=O)CN(C(=O)Nc1cc(Br)c(F)cc1F)CC3. The summed E-state index contributed by atoms with van der Waals surface area (Å²) in [5.74, 6) is -3.25. The van der Waals surface area contributed by atoms with E-state index < -0.39 is 48.6 Å². The van der Waals surface area contributed by atoms with Gasteiger partial charge in [0.05, 0.1) is 35.5 Å². The van der Waals surface area contributed by atoms with Crippen LogP contribution in [-0.2, 0) is 29.1 Å². The van der Waals surface area contributed by atoms with Crippen LogP contribution in [0, 0.1) is 11.6 Å². The first-order valence-corrected chi connectivity index (χ1v) is 11.1. The second-order valence-corrected chi connectivity index (χ2v) is 8.69. The summed E-state index contributed by atoms with van der Waals surface area (Å²) in [6.45, 7) is -0.941. The molecule has 0 fully saturated rings. The van der Waals surface area contributed by atoms with Crippen molar-refractivity contribution in [1.29, 1.82) is 0 Å². The summed E-state index contributed by atoms with van der Waals surface area (Å²) in [5.41, 5.74) is 0.793. The second-order valence-electron chi connectivity index (χ2n) is 7.84. The second kappa shape index (κ2) is 9.81. The maximum absolute atomic E-state index is 14.1. The van der Waals surface area contributed by atoms with E-state index in [0.29, 0.717) is 17.3 Å². The molecule has 1 atom stereocenters. The summed E-state index contributed by atoms with van der Waals surface area (Å²) < 4.78 is 53.7. The molecule has 0 spiro atoms. The van der Waals surface area contributed by atoms with Gasteiger partial charge in [-0.05, 0) is 22.0 Å². The summed E-state index contributed by atoms with van der Waals surface area (Å²) in [7, 11) is 1.27. The molecule has 1 aromatic heterocycles. The van der Waals surface area contributed by atoms with Crippen LogP contribution in [0.4, 0.5) is 28.0 Å². The number of hydrogen-bond acceptors (Lipinski definition) is 5. The Hall–Kier alpha value is -3.20. The first-order valence-electron chi connectivity index (χ1n) is 10.3. The molecule has 1 aromatic carbocycles. The molecular weight excluding hydrogens is 544 g/mol. The van der Waals surface area contributed by atoms with Crippen molar-refractivity contribution in [1.82, 2.24) is 25.1 Å². The van der Waals surface area contributed by atoms with Crippen LogP contribution in [0.5, 0.6) is 0 Å². The van der Waals surface area contributed by atoms with Crippen LogP contribution in [0.3, 0.4) is 0 Å². The third-order valence-electron chi connectivity index (χ3n) is 5.48. The Bertz CT molecular complexity index is 1190. The molecule has 0 aliphatic carbocycles. The van der Waals surface area contributed by atoms with E-state index >= 15 is 0 Å². The van der Waals surface area contributed by atoms with E-state index in [1.54, 1.807) is 0 Å². The maximum atomic E-state index is 14.1. The summed E-state index contributed by atoms with van der Waals surface area (Å²) in [4.78, 5) is 44.7. The number of urea groups is 1. The normalized spacial score (nSPS) is 17.7.